The molecule has 1 aromatic rings. The van der Waals surface area contributed by atoms with Gasteiger partial charge in [-0.1, -0.05) is 12.5 Å². The molecule has 0 radical (unpaired) electrons. The van der Waals surface area contributed by atoms with Gasteiger partial charge >= 0.3 is 0 Å². The highest BCUT2D eigenvalue weighted by Gasteiger charge is 2.21. The lowest BCUT2D eigenvalue weighted by atomic mass is 10.0. The van der Waals surface area contributed by atoms with Crippen LogP contribution in [-0.4, -0.2) is 24.0 Å². The van der Waals surface area contributed by atoms with Crippen molar-refractivity contribution in [3.05, 3.63) is 35.4 Å². The molecular weight excluding hydrogens is 258 g/mol. The smallest absolute Gasteiger partial charge is 0.159 e. The van der Waals surface area contributed by atoms with Crippen LogP contribution in [0.1, 0.15) is 24.8 Å². The Morgan fingerprint density at radius 1 is 1.22 bits per heavy atom. The minimum atomic E-state index is -0.789. The second-order valence-electron chi connectivity index (χ2n) is 4.60. The van der Waals surface area contributed by atoms with Crippen LogP contribution in [0.3, 0.4) is 0 Å². The van der Waals surface area contributed by atoms with Gasteiger partial charge in [0.05, 0.1) is 0 Å². The van der Waals surface area contributed by atoms with E-state index < -0.39 is 11.6 Å². The van der Waals surface area contributed by atoms with Gasteiger partial charge < -0.3 is 5.73 Å². The highest BCUT2D eigenvalue weighted by atomic mass is 35.5. The average Bonchev–Trinajstić information content (AvgIpc) is 2.34. The van der Waals surface area contributed by atoms with Gasteiger partial charge in [0, 0.05) is 19.1 Å². The van der Waals surface area contributed by atoms with Gasteiger partial charge in [-0.3, -0.25) is 4.90 Å². The van der Waals surface area contributed by atoms with Crippen LogP contribution in [-0.2, 0) is 6.54 Å². The highest BCUT2D eigenvalue weighted by Crippen LogP contribution is 2.19. The Morgan fingerprint density at radius 3 is 2.67 bits per heavy atom. The van der Waals surface area contributed by atoms with Crippen LogP contribution in [0.15, 0.2) is 18.2 Å². The summed E-state index contributed by atoms with van der Waals surface area (Å²) >= 11 is 0. The normalized spacial score (nSPS) is 20.5. The molecule has 1 fully saturated rings. The van der Waals surface area contributed by atoms with Crippen LogP contribution in [0.4, 0.5) is 8.78 Å². The SMILES string of the molecule is Cl.NCC1CCCCN1Cc1ccc(F)c(F)c1. The molecule has 1 saturated heterocycles. The third kappa shape index (κ3) is 3.64. The number of rotatable bonds is 3. The Balaban J connectivity index is 0.00000162. The van der Waals surface area contributed by atoms with E-state index in [1.165, 1.54) is 18.6 Å². The third-order valence-electron chi connectivity index (χ3n) is 3.39. The summed E-state index contributed by atoms with van der Waals surface area (Å²) in [6.45, 7) is 2.27. The summed E-state index contributed by atoms with van der Waals surface area (Å²) in [5.41, 5.74) is 6.54. The van der Waals surface area contributed by atoms with Gasteiger partial charge in [-0.05, 0) is 37.1 Å². The molecule has 1 aromatic carbocycles. The van der Waals surface area contributed by atoms with Crippen molar-refractivity contribution in [3.8, 4) is 0 Å². The summed E-state index contributed by atoms with van der Waals surface area (Å²) < 4.78 is 25.9. The first-order valence-corrected chi connectivity index (χ1v) is 6.08. The van der Waals surface area contributed by atoms with Crippen molar-refractivity contribution in [2.24, 2.45) is 5.73 Å². The van der Waals surface area contributed by atoms with Crippen molar-refractivity contribution in [2.75, 3.05) is 13.1 Å². The van der Waals surface area contributed by atoms with Crippen LogP contribution >= 0.6 is 12.4 Å². The average molecular weight is 277 g/mol. The van der Waals surface area contributed by atoms with E-state index in [1.54, 1.807) is 6.07 Å². The topological polar surface area (TPSA) is 29.3 Å². The van der Waals surface area contributed by atoms with Gasteiger partial charge in [-0.2, -0.15) is 0 Å². The first kappa shape index (κ1) is 15.3. The predicted octanol–water partition coefficient (Wildman–Crippen LogP) is 2.70. The monoisotopic (exact) mass is 276 g/mol. The molecular formula is C13H19ClF2N2. The fourth-order valence-corrected chi connectivity index (χ4v) is 2.41. The lowest BCUT2D eigenvalue weighted by molar-refractivity contribution is 0.144. The highest BCUT2D eigenvalue weighted by molar-refractivity contribution is 5.85. The summed E-state index contributed by atoms with van der Waals surface area (Å²) in [6.07, 6.45) is 3.45. The zero-order valence-corrected chi connectivity index (χ0v) is 11.1. The maximum absolute atomic E-state index is 13.1. The molecule has 0 aliphatic carbocycles. The summed E-state index contributed by atoms with van der Waals surface area (Å²) in [5, 5.41) is 0. The fraction of sp³-hybridized carbons (Fsp3) is 0.538. The maximum atomic E-state index is 13.1. The Bertz CT molecular complexity index is 387. The standard InChI is InChI=1S/C13H18F2N2.ClH/c14-12-5-4-10(7-13(12)15)9-17-6-2-1-3-11(17)8-16;/h4-5,7,11H,1-3,6,8-9,16H2;1H. The number of nitrogens with zero attached hydrogens (tertiary/aromatic N) is 1. The van der Waals surface area contributed by atoms with Crippen molar-refractivity contribution in [3.63, 3.8) is 0 Å². The first-order valence-electron chi connectivity index (χ1n) is 6.08. The van der Waals surface area contributed by atoms with Gasteiger partial charge in [-0.15, -0.1) is 12.4 Å². The van der Waals surface area contributed by atoms with E-state index in [0.29, 0.717) is 19.1 Å². The maximum Gasteiger partial charge on any atom is 0.159 e. The van der Waals surface area contributed by atoms with E-state index in [0.717, 1.165) is 24.9 Å². The Labute approximate surface area is 113 Å². The van der Waals surface area contributed by atoms with E-state index in [-0.39, 0.29) is 12.4 Å². The molecule has 1 atom stereocenters. The molecule has 0 amide bonds. The van der Waals surface area contributed by atoms with E-state index in [2.05, 4.69) is 4.90 Å². The zero-order chi connectivity index (χ0) is 12.3. The van der Waals surface area contributed by atoms with Gasteiger partial charge in [0.2, 0.25) is 0 Å². The number of piperidine rings is 1. The molecule has 1 aliphatic heterocycles. The van der Waals surface area contributed by atoms with Crippen LogP contribution < -0.4 is 5.73 Å². The molecule has 2 nitrogen and oxygen atoms in total. The van der Waals surface area contributed by atoms with Crippen LogP contribution in [0.5, 0.6) is 0 Å². The predicted molar refractivity (Wildman–Crippen MR) is 70.7 cm³/mol. The lowest BCUT2D eigenvalue weighted by Crippen LogP contribution is -2.43. The zero-order valence-electron chi connectivity index (χ0n) is 10.2. The molecule has 1 unspecified atom stereocenters. The fourth-order valence-electron chi connectivity index (χ4n) is 2.41. The van der Waals surface area contributed by atoms with Crippen molar-refractivity contribution in [2.45, 2.75) is 31.8 Å². The molecule has 0 saturated carbocycles. The Hall–Kier alpha value is -0.710. The molecule has 1 aliphatic rings. The minimum Gasteiger partial charge on any atom is -0.329 e. The molecule has 2 rings (SSSR count). The lowest BCUT2D eigenvalue weighted by Gasteiger charge is -2.35. The van der Waals surface area contributed by atoms with Crippen LogP contribution in [0.2, 0.25) is 0 Å². The van der Waals surface area contributed by atoms with Gasteiger partial charge in [-0.25, -0.2) is 8.78 Å². The summed E-state index contributed by atoms with van der Waals surface area (Å²) in [7, 11) is 0. The Kier molecular flexibility index (Phi) is 5.99. The van der Waals surface area contributed by atoms with Crippen molar-refractivity contribution in [1.82, 2.24) is 4.90 Å². The molecule has 0 aromatic heterocycles. The molecule has 2 N–H and O–H groups in total. The van der Waals surface area contributed by atoms with Crippen molar-refractivity contribution >= 4 is 12.4 Å². The number of halogens is 3. The summed E-state index contributed by atoms with van der Waals surface area (Å²) in [6, 6.07) is 4.47. The quantitative estimate of drug-likeness (QED) is 0.920. The van der Waals surface area contributed by atoms with Gasteiger partial charge in [0.25, 0.3) is 0 Å². The van der Waals surface area contributed by atoms with Crippen LogP contribution in [0.25, 0.3) is 0 Å². The molecule has 0 bridgehead atoms. The number of hydrogen-bond acceptors (Lipinski definition) is 2. The second-order valence-corrected chi connectivity index (χ2v) is 4.60. The first-order chi connectivity index (χ1) is 8.20. The number of benzene rings is 1. The number of likely N-dealkylation sites (tertiary alicyclic amines) is 1. The second kappa shape index (κ2) is 7.02. The molecule has 5 heteroatoms. The van der Waals surface area contributed by atoms with Gasteiger partial charge in [0.1, 0.15) is 0 Å². The molecule has 18 heavy (non-hydrogen) atoms. The van der Waals surface area contributed by atoms with E-state index >= 15 is 0 Å². The van der Waals surface area contributed by atoms with Crippen molar-refractivity contribution < 1.29 is 8.78 Å². The summed E-state index contributed by atoms with van der Waals surface area (Å²) in [5.74, 6) is -1.56. The third-order valence-corrected chi connectivity index (χ3v) is 3.39. The molecule has 1 heterocycles. The van der Waals surface area contributed by atoms with E-state index in [1.807, 2.05) is 0 Å². The van der Waals surface area contributed by atoms with E-state index in [4.69, 9.17) is 5.73 Å². The number of hydrogen-bond donors (Lipinski definition) is 1. The summed E-state index contributed by atoms with van der Waals surface area (Å²) in [4.78, 5) is 2.26. The van der Waals surface area contributed by atoms with Crippen molar-refractivity contribution in [1.29, 1.82) is 0 Å². The Morgan fingerprint density at radius 2 is 2.00 bits per heavy atom. The van der Waals surface area contributed by atoms with Crippen LogP contribution in [0, 0.1) is 11.6 Å². The number of nitrogens with two attached hydrogens (primary N) is 1. The van der Waals surface area contributed by atoms with E-state index in [9.17, 15) is 8.78 Å². The molecule has 0 spiro atoms. The molecule has 102 valence electrons. The van der Waals surface area contributed by atoms with Gasteiger partial charge in [0.15, 0.2) is 11.6 Å². The minimum absolute atomic E-state index is 0. The largest absolute Gasteiger partial charge is 0.329 e.